The molecule has 1 amide bonds. The molecule has 0 unspecified atom stereocenters. The monoisotopic (exact) mass is 458 g/mol. The van der Waals surface area contributed by atoms with Gasteiger partial charge in [-0.2, -0.15) is 17.0 Å². The molecule has 1 atom stereocenters. The van der Waals surface area contributed by atoms with Crippen LogP contribution in [0.1, 0.15) is 37.7 Å². The van der Waals surface area contributed by atoms with E-state index in [1.807, 2.05) is 0 Å². The largest absolute Gasteiger partial charge is 0.355 e. The fraction of sp³-hybridized carbons (Fsp3) is 0.632. The van der Waals surface area contributed by atoms with Gasteiger partial charge in [-0.15, -0.1) is 0 Å². The summed E-state index contributed by atoms with van der Waals surface area (Å²) < 4.78 is 51.3. The average molecular weight is 459 g/mol. The minimum absolute atomic E-state index is 0.0486. The number of piperidine rings is 2. The molecule has 30 heavy (non-hydrogen) atoms. The Hall–Kier alpha value is -1.53. The van der Waals surface area contributed by atoms with Crippen LogP contribution in [-0.2, 0) is 31.4 Å². The molecule has 2 saturated heterocycles. The van der Waals surface area contributed by atoms with Gasteiger partial charge < -0.3 is 5.32 Å². The van der Waals surface area contributed by atoms with Crippen molar-refractivity contribution in [3.63, 3.8) is 0 Å². The molecule has 0 aliphatic carbocycles. The molecule has 0 radical (unpaired) electrons. The van der Waals surface area contributed by atoms with Crippen molar-refractivity contribution in [1.29, 1.82) is 0 Å². The molecule has 168 valence electrons. The Labute approximate surface area is 178 Å². The van der Waals surface area contributed by atoms with Crippen LogP contribution >= 0.6 is 0 Å². The van der Waals surface area contributed by atoms with Crippen LogP contribution in [-0.4, -0.2) is 64.1 Å². The van der Waals surface area contributed by atoms with Gasteiger partial charge in [0.15, 0.2) is 0 Å². The van der Waals surface area contributed by atoms with Crippen LogP contribution in [0.3, 0.4) is 0 Å². The highest BCUT2D eigenvalue weighted by atomic mass is 32.2. The van der Waals surface area contributed by atoms with Gasteiger partial charge in [-0.05, 0) is 49.8 Å². The second kappa shape index (κ2) is 9.73. The molecule has 2 fully saturated rings. The first-order valence-corrected chi connectivity index (χ1v) is 13.3. The van der Waals surface area contributed by atoms with E-state index < -0.39 is 20.2 Å². The van der Waals surface area contributed by atoms with Gasteiger partial charge in [-0.3, -0.25) is 4.79 Å². The minimum Gasteiger partial charge on any atom is -0.355 e. The van der Waals surface area contributed by atoms with E-state index in [0.29, 0.717) is 45.4 Å². The lowest BCUT2D eigenvalue weighted by Crippen LogP contribution is -2.51. The van der Waals surface area contributed by atoms with Crippen LogP contribution in [0.25, 0.3) is 0 Å². The third-order valence-corrected chi connectivity index (χ3v) is 8.62. The maximum atomic E-state index is 12.9. The molecule has 11 heteroatoms. The molecule has 1 aromatic carbocycles. The van der Waals surface area contributed by atoms with Crippen molar-refractivity contribution in [2.24, 2.45) is 11.1 Å². The van der Waals surface area contributed by atoms with Crippen molar-refractivity contribution in [3.05, 3.63) is 29.8 Å². The van der Waals surface area contributed by atoms with Crippen molar-refractivity contribution >= 4 is 26.1 Å². The van der Waals surface area contributed by atoms with E-state index in [4.69, 9.17) is 5.14 Å². The standard InChI is InChI=1S/C19H30N4O5S2/c20-29(25,26)18-8-6-16(7-9-18)10-11-21-19(24)17-5-4-14-23(15-17)30(27,28)22-12-2-1-3-13-22/h6-9,17H,1-5,10-15H2,(H,21,24)(H2,20,25,26)/t17-/m1/s1. The fourth-order valence-electron chi connectivity index (χ4n) is 3.95. The Morgan fingerprint density at radius 3 is 2.23 bits per heavy atom. The van der Waals surface area contributed by atoms with Crippen molar-refractivity contribution in [3.8, 4) is 0 Å². The number of nitrogens with one attached hydrogen (secondary N) is 1. The number of rotatable bonds is 7. The number of carbonyl (C=O) groups is 1. The van der Waals surface area contributed by atoms with E-state index in [-0.39, 0.29) is 23.3 Å². The smallest absolute Gasteiger partial charge is 0.281 e. The molecular formula is C19H30N4O5S2. The van der Waals surface area contributed by atoms with Gasteiger partial charge >= 0.3 is 0 Å². The molecule has 0 bridgehead atoms. The number of carbonyl (C=O) groups excluding carboxylic acids is 1. The molecule has 2 aliphatic rings. The number of primary sulfonamides is 1. The van der Waals surface area contributed by atoms with Crippen LogP contribution in [0.15, 0.2) is 29.2 Å². The molecule has 0 spiro atoms. The van der Waals surface area contributed by atoms with E-state index in [1.165, 1.54) is 16.4 Å². The molecule has 3 N–H and O–H groups in total. The number of amides is 1. The number of nitrogens with zero attached hydrogens (tertiary/aromatic N) is 2. The number of benzene rings is 1. The molecule has 9 nitrogen and oxygen atoms in total. The number of hydrogen-bond donors (Lipinski definition) is 2. The number of nitrogens with two attached hydrogens (primary N) is 1. The molecule has 0 saturated carbocycles. The van der Waals surface area contributed by atoms with E-state index in [1.54, 1.807) is 16.4 Å². The first-order chi connectivity index (χ1) is 14.2. The second-order valence-corrected chi connectivity index (χ2v) is 11.4. The van der Waals surface area contributed by atoms with E-state index in [2.05, 4.69) is 5.32 Å². The summed E-state index contributed by atoms with van der Waals surface area (Å²) in [6.07, 6.45) is 4.70. The van der Waals surface area contributed by atoms with Gasteiger partial charge in [0.2, 0.25) is 15.9 Å². The van der Waals surface area contributed by atoms with Gasteiger partial charge in [0.25, 0.3) is 10.2 Å². The summed E-state index contributed by atoms with van der Waals surface area (Å²) in [5.74, 6) is -0.502. The zero-order valence-electron chi connectivity index (χ0n) is 17.0. The summed E-state index contributed by atoms with van der Waals surface area (Å²) in [6.45, 7) is 2.18. The summed E-state index contributed by atoms with van der Waals surface area (Å²) in [4.78, 5) is 12.6. The first kappa shape index (κ1) is 23.1. The van der Waals surface area contributed by atoms with Crippen molar-refractivity contribution < 1.29 is 21.6 Å². The lowest BCUT2D eigenvalue weighted by Gasteiger charge is -2.36. The SMILES string of the molecule is NS(=O)(=O)c1ccc(CCNC(=O)[C@@H]2CCCN(S(=O)(=O)N3CCCCC3)C2)cc1. The zero-order chi connectivity index (χ0) is 21.8. The highest BCUT2D eigenvalue weighted by molar-refractivity contribution is 7.89. The van der Waals surface area contributed by atoms with Gasteiger partial charge in [0.1, 0.15) is 0 Å². The lowest BCUT2D eigenvalue weighted by atomic mass is 9.99. The Balaban J connectivity index is 1.50. The fourth-order valence-corrected chi connectivity index (χ4v) is 6.23. The molecule has 3 rings (SSSR count). The van der Waals surface area contributed by atoms with Crippen molar-refractivity contribution in [2.75, 3.05) is 32.7 Å². The van der Waals surface area contributed by atoms with E-state index in [0.717, 1.165) is 24.8 Å². The molecule has 1 aromatic rings. The van der Waals surface area contributed by atoms with E-state index in [9.17, 15) is 21.6 Å². The van der Waals surface area contributed by atoms with Crippen molar-refractivity contribution in [2.45, 2.75) is 43.4 Å². The predicted molar refractivity (Wildman–Crippen MR) is 113 cm³/mol. The zero-order valence-corrected chi connectivity index (χ0v) is 18.6. The maximum Gasteiger partial charge on any atom is 0.281 e. The third kappa shape index (κ3) is 5.79. The summed E-state index contributed by atoms with van der Waals surface area (Å²) in [7, 11) is -7.22. The minimum atomic E-state index is -3.72. The Morgan fingerprint density at radius 1 is 0.967 bits per heavy atom. The molecular weight excluding hydrogens is 428 g/mol. The third-order valence-electron chi connectivity index (χ3n) is 5.69. The Morgan fingerprint density at radius 2 is 1.60 bits per heavy atom. The summed E-state index contributed by atoms with van der Waals surface area (Å²) in [6, 6.07) is 6.22. The quantitative estimate of drug-likeness (QED) is 0.612. The van der Waals surface area contributed by atoms with Gasteiger partial charge in [-0.25, -0.2) is 13.6 Å². The van der Waals surface area contributed by atoms with Crippen molar-refractivity contribution in [1.82, 2.24) is 13.9 Å². The summed E-state index contributed by atoms with van der Waals surface area (Å²) in [5.41, 5.74) is 0.876. The Kier molecular flexibility index (Phi) is 7.51. The number of sulfonamides is 1. The Bertz CT molecular complexity index is 942. The van der Waals surface area contributed by atoms with Crippen LogP contribution in [0, 0.1) is 5.92 Å². The number of hydrogen-bond acceptors (Lipinski definition) is 5. The normalized spacial score (nSPS) is 22.0. The maximum absolute atomic E-state index is 12.9. The highest BCUT2D eigenvalue weighted by Gasteiger charge is 2.36. The van der Waals surface area contributed by atoms with Gasteiger partial charge in [0.05, 0.1) is 10.8 Å². The average Bonchev–Trinajstić information content (AvgIpc) is 2.74. The molecule has 0 aromatic heterocycles. The van der Waals surface area contributed by atoms with Gasteiger partial charge in [-0.1, -0.05) is 18.6 Å². The van der Waals surface area contributed by atoms with Crippen LogP contribution < -0.4 is 10.5 Å². The van der Waals surface area contributed by atoms with E-state index >= 15 is 0 Å². The lowest BCUT2D eigenvalue weighted by molar-refractivity contribution is -0.126. The topological polar surface area (TPSA) is 130 Å². The molecule has 2 aliphatic heterocycles. The first-order valence-electron chi connectivity index (χ1n) is 10.3. The van der Waals surface area contributed by atoms with Crippen LogP contribution in [0.4, 0.5) is 0 Å². The molecule has 2 heterocycles. The summed E-state index contributed by atoms with van der Waals surface area (Å²) in [5, 5.41) is 7.96. The van der Waals surface area contributed by atoms with Crippen LogP contribution in [0.5, 0.6) is 0 Å². The highest BCUT2D eigenvalue weighted by Crippen LogP contribution is 2.23. The predicted octanol–water partition coefficient (Wildman–Crippen LogP) is 0.435. The van der Waals surface area contributed by atoms with Gasteiger partial charge in [0, 0.05) is 32.7 Å². The second-order valence-electron chi connectivity index (χ2n) is 7.89. The summed E-state index contributed by atoms with van der Waals surface area (Å²) >= 11 is 0. The van der Waals surface area contributed by atoms with Crippen LogP contribution in [0.2, 0.25) is 0 Å².